The maximum Gasteiger partial charge on any atom is 0.407 e. The van der Waals surface area contributed by atoms with E-state index in [-0.39, 0.29) is 61.1 Å². The number of aromatic amines is 1. The maximum absolute atomic E-state index is 13.9. The summed E-state index contributed by atoms with van der Waals surface area (Å²) in [5, 5.41) is 29.6. The Bertz CT molecular complexity index is 3050. The Morgan fingerprint density at radius 2 is 1.77 bits per heavy atom. The van der Waals surface area contributed by atoms with Crippen LogP contribution < -0.4 is 32.0 Å². The first kappa shape index (κ1) is 55.5. The lowest BCUT2D eigenvalue weighted by atomic mass is 10.0. The fraction of sp³-hybridized carbons (Fsp3) is 0.444. The molecule has 3 aliphatic rings. The molecule has 26 nitrogen and oxygen atoms in total. The Hall–Kier alpha value is -5.74. The molecule has 2 bridgehead atoms. The number of carbonyl (C=O) groups is 4. The van der Waals surface area contributed by atoms with Crippen LogP contribution in [-0.2, 0) is 61.8 Å². The van der Waals surface area contributed by atoms with Crippen molar-refractivity contribution in [3.05, 3.63) is 100 Å². The fourth-order valence-electron chi connectivity index (χ4n) is 8.54. The van der Waals surface area contributed by atoms with Gasteiger partial charge in [0.25, 0.3) is 11.5 Å². The summed E-state index contributed by atoms with van der Waals surface area (Å²) in [6, 6.07) is 12.9. The summed E-state index contributed by atoms with van der Waals surface area (Å²) < 4.78 is 50.5. The summed E-state index contributed by atoms with van der Waals surface area (Å²) in [6.45, 7) is -4.14. The van der Waals surface area contributed by atoms with Gasteiger partial charge < -0.3 is 59.4 Å². The number of imidazole rings is 1. The predicted molar refractivity (Wildman–Crippen MR) is 274 cm³/mol. The molecule has 9 N–H and O–H groups in total. The molecule has 4 amide bonds. The van der Waals surface area contributed by atoms with Crippen LogP contribution in [0.25, 0.3) is 11.2 Å². The number of nitrogens with zero attached hydrogens (tertiary/aromatic N) is 6. The van der Waals surface area contributed by atoms with E-state index in [4.69, 9.17) is 45.1 Å². The molecule has 30 heteroatoms. The Balaban J connectivity index is 0.934. The molecule has 5 heterocycles. The van der Waals surface area contributed by atoms with Gasteiger partial charge in [-0.05, 0) is 66.8 Å². The van der Waals surface area contributed by atoms with E-state index < -0.39 is 104 Å². The lowest BCUT2D eigenvalue weighted by Gasteiger charge is -2.27. The second-order valence-corrected chi connectivity index (χ2v) is 24.0. The first-order valence-electron chi connectivity index (χ1n) is 23.5. The van der Waals surface area contributed by atoms with Gasteiger partial charge in [-0.25, -0.2) is 24.3 Å². The summed E-state index contributed by atoms with van der Waals surface area (Å²) in [5.41, 5.74) is 6.34. The van der Waals surface area contributed by atoms with Crippen LogP contribution in [0, 0.1) is 11.8 Å². The number of carboxylic acid groups (broad SMARTS) is 1. The Morgan fingerprint density at radius 1 is 1.01 bits per heavy atom. The minimum atomic E-state index is -4.36. The molecule has 2 saturated heterocycles. The van der Waals surface area contributed by atoms with Gasteiger partial charge >= 0.3 is 19.6 Å². The monoisotopic (exact) mass is 1120 g/mol. The van der Waals surface area contributed by atoms with Crippen LogP contribution >= 0.6 is 25.8 Å². The van der Waals surface area contributed by atoms with Crippen molar-refractivity contribution >= 4 is 84.2 Å². The molecule has 75 heavy (non-hydrogen) atoms. The highest BCUT2D eigenvalue weighted by molar-refractivity contribution is 8.44. The number of rotatable bonds is 15. The maximum atomic E-state index is 13.9. The summed E-state index contributed by atoms with van der Waals surface area (Å²) in [7, 11) is 0. The zero-order chi connectivity index (χ0) is 53.8. The molecule has 2 aliphatic heterocycles. The van der Waals surface area contributed by atoms with E-state index >= 15 is 0 Å². The number of nitrogens with one attached hydrogen (secondary N) is 4. The molecule has 1 saturated carbocycles. The molecule has 3 aromatic heterocycles. The molecule has 4 unspecified atom stereocenters. The van der Waals surface area contributed by atoms with Gasteiger partial charge in [0.05, 0.1) is 31.7 Å². The zero-order valence-electron chi connectivity index (χ0n) is 40.4. The average Bonchev–Trinajstić information content (AvgIpc) is 4.06. The largest absolute Gasteiger partial charge is 0.474 e. The molecule has 402 valence electrons. The third kappa shape index (κ3) is 13.8. The van der Waals surface area contributed by atoms with Crippen molar-refractivity contribution < 1.29 is 66.4 Å². The van der Waals surface area contributed by atoms with Gasteiger partial charge in [0.2, 0.25) is 23.6 Å². The quantitative estimate of drug-likeness (QED) is 0.0535. The predicted octanol–water partition coefficient (Wildman–Crippen LogP) is 3.50. The number of thiol groups is 1. The van der Waals surface area contributed by atoms with Gasteiger partial charge in [-0.2, -0.15) is 4.98 Å². The Labute approximate surface area is 438 Å². The van der Waals surface area contributed by atoms with E-state index in [0.29, 0.717) is 29.1 Å². The van der Waals surface area contributed by atoms with Crippen molar-refractivity contribution in [2.24, 2.45) is 17.6 Å². The molecule has 2 aromatic carbocycles. The summed E-state index contributed by atoms with van der Waals surface area (Å²) in [5.74, 6) is -2.33. The number of aliphatic hydroxyl groups is 1. The number of aromatic nitrogens is 6. The van der Waals surface area contributed by atoms with Gasteiger partial charge in [0.1, 0.15) is 36.8 Å². The standard InChI is InChI=1S/C45H55N11O15P2S2/c1-23(2)34(46)41(60)50-24(3)39(58)51-28-10-8-25(9-11-28)18-55(45(62)63)15-13-26-6-4-5-7-30(26)40(59)53-44-52-38-35(42(61)54-44)49-22-56(38)43-37-36(57)32(69-43)20-67-72(64,74)70-31-17-29(68-33-12-14-47-21-48-33)16-27(31)19-66-73(65,75)71-37/h4-12,14,21-24,27,29,31-32,34,36-37,43,57H,13,15-20,46H2,1-3H3,(H,50,60)(H,51,58)(H,62,63)(H,64,74)(H,65,75)(H2,52,53,54,59,61)/t24?,27-,29-,31+,32-,34?,36-,37-,43-,72?,73?/m1/s1. The third-order valence-electron chi connectivity index (χ3n) is 12.6. The van der Waals surface area contributed by atoms with Crippen molar-refractivity contribution in [2.45, 2.75) is 95.4 Å². The lowest BCUT2D eigenvalue weighted by Crippen LogP contribution is -2.50. The van der Waals surface area contributed by atoms with Crippen LogP contribution in [0.3, 0.4) is 0 Å². The van der Waals surface area contributed by atoms with E-state index in [9.17, 15) is 43.6 Å². The van der Waals surface area contributed by atoms with Crippen molar-refractivity contribution in [1.82, 2.24) is 39.7 Å². The number of hydrogen-bond donors (Lipinski definition) is 9. The highest BCUT2D eigenvalue weighted by Gasteiger charge is 2.51. The highest BCUT2D eigenvalue weighted by atomic mass is 32.7. The molecule has 0 radical (unpaired) electrons. The van der Waals surface area contributed by atoms with E-state index in [1.807, 2.05) is 0 Å². The van der Waals surface area contributed by atoms with Gasteiger partial charge in [-0.3, -0.25) is 38.6 Å². The number of nitrogens with two attached hydrogens (primary N) is 1. The minimum Gasteiger partial charge on any atom is -0.474 e. The summed E-state index contributed by atoms with van der Waals surface area (Å²) in [4.78, 5) is 96.3. The average molecular weight is 1120 g/mol. The van der Waals surface area contributed by atoms with Crippen LogP contribution in [0.15, 0.2) is 78.2 Å². The van der Waals surface area contributed by atoms with Gasteiger partial charge in [0.15, 0.2) is 17.4 Å². The number of amides is 4. The lowest BCUT2D eigenvalue weighted by molar-refractivity contribution is -0.127. The third-order valence-corrected chi connectivity index (χ3v) is 15.8. The number of ether oxygens (including phenoxy) is 2. The van der Waals surface area contributed by atoms with E-state index in [0.717, 1.165) is 11.2 Å². The molecule has 8 rings (SSSR count). The SMILES string of the molecule is CC(NC(=O)C(N)C(C)C)C(=O)Nc1ccc(CN(CCc2ccccc2C(=O)Nc2nc3c(ncn3[C@@H]3O[C@@H]4COP(O)(=S)O[C@H]5C[C@H](Oc6ccncn6)C[C@@H]5COP(=O)(S)O[C@@H]3[C@@H]4O)c(=O)[nH]2)C(=O)O)cc1. The molecule has 0 spiro atoms. The Morgan fingerprint density at radius 3 is 2.49 bits per heavy atom. The van der Waals surface area contributed by atoms with Crippen LogP contribution in [0.5, 0.6) is 5.88 Å². The number of carbonyl (C=O) groups excluding carboxylic acids is 3. The van der Waals surface area contributed by atoms with Gasteiger partial charge in [-0.15, -0.1) is 0 Å². The van der Waals surface area contributed by atoms with Crippen molar-refractivity contribution in [1.29, 1.82) is 0 Å². The van der Waals surface area contributed by atoms with Crippen molar-refractivity contribution in [3.63, 3.8) is 0 Å². The fourth-order valence-corrected chi connectivity index (χ4v) is 11.6. The minimum absolute atomic E-state index is 0.0360. The molecule has 5 aromatic rings. The smallest absolute Gasteiger partial charge is 0.407 e. The number of aliphatic hydroxyl groups excluding tert-OH is 1. The van der Waals surface area contributed by atoms with Crippen LogP contribution in [-0.4, -0.2) is 136 Å². The highest BCUT2D eigenvalue weighted by Crippen LogP contribution is 2.58. The van der Waals surface area contributed by atoms with Gasteiger partial charge in [0, 0.05) is 48.9 Å². The number of H-pyrrole nitrogens is 1. The number of hydrogen-bond acceptors (Lipinski definition) is 19. The first-order chi connectivity index (χ1) is 35.6. The molecule has 11 atom stereocenters. The first-order valence-corrected chi connectivity index (χ1v) is 28.8. The normalized spacial score (nSPS) is 26.7. The Kier molecular flexibility index (Phi) is 17.5. The van der Waals surface area contributed by atoms with Crippen LogP contribution in [0.2, 0.25) is 0 Å². The van der Waals surface area contributed by atoms with Crippen LogP contribution in [0.1, 0.15) is 61.3 Å². The van der Waals surface area contributed by atoms with Crippen molar-refractivity contribution in [2.75, 3.05) is 30.4 Å². The van der Waals surface area contributed by atoms with E-state index in [1.165, 1.54) is 30.1 Å². The zero-order valence-corrected chi connectivity index (χ0v) is 43.9. The summed E-state index contributed by atoms with van der Waals surface area (Å²) in [6.07, 6.45) is -3.76. The number of anilines is 2. The number of benzene rings is 2. The molecular weight excluding hydrogens is 1060 g/mol. The van der Waals surface area contributed by atoms with Crippen molar-refractivity contribution in [3.8, 4) is 5.88 Å². The summed E-state index contributed by atoms with van der Waals surface area (Å²) >= 11 is 9.58. The molecule has 3 fully saturated rings. The van der Waals surface area contributed by atoms with Crippen LogP contribution in [0.4, 0.5) is 16.4 Å². The molecule has 1 aliphatic carbocycles. The second kappa shape index (κ2) is 23.7. The second-order valence-electron chi connectivity index (χ2n) is 18.3. The topological polar surface area (TPSA) is 356 Å². The number of fused-ring (bicyclic) bond motifs is 4. The molecular formula is C45H55N11O15P2S2. The van der Waals surface area contributed by atoms with E-state index in [1.54, 1.807) is 62.4 Å². The van der Waals surface area contributed by atoms with E-state index in [2.05, 4.69) is 53.1 Å². The van der Waals surface area contributed by atoms with Gasteiger partial charge in [-0.1, -0.05) is 56.4 Å².